The number of rotatable bonds is 13. The molecule has 0 spiro atoms. The third-order valence-corrected chi connectivity index (χ3v) is 10.2. The summed E-state index contributed by atoms with van der Waals surface area (Å²) in [6.45, 7) is 17.6. The van der Waals surface area contributed by atoms with Crippen LogP contribution in [0.15, 0.2) is 71.6 Å². The first kappa shape index (κ1) is 33.5. The van der Waals surface area contributed by atoms with Crippen molar-refractivity contribution in [1.82, 2.24) is 5.32 Å². The smallest absolute Gasteiger partial charge is 0.296 e. The van der Waals surface area contributed by atoms with Gasteiger partial charge in [-0.25, -0.2) is 4.85 Å². The lowest BCUT2D eigenvalue weighted by Gasteiger charge is -2.63. The zero-order valence-corrected chi connectivity index (χ0v) is 27.6. The molecule has 0 aromatic heterocycles. The third kappa shape index (κ3) is 7.63. The van der Waals surface area contributed by atoms with E-state index >= 15 is 0 Å². The highest BCUT2D eigenvalue weighted by molar-refractivity contribution is 7.86. The molecule has 1 aliphatic rings. The quantitative estimate of drug-likeness (QED) is 0.116. The molecule has 234 valence electrons. The number of carbonyl (C=O) groups excluding carboxylic acids is 1. The maximum atomic E-state index is 13.2. The number of nitrogens with one attached hydrogen (secondary N) is 1. The Kier molecular flexibility index (Phi) is 10.5. The summed E-state index contributed by atoms with van der Waals surface area (Å²) >= 11 is 6.21. The second-order valence-electron chi connectivity index (χ2n) is 12.7. The fourth-order valence-corrected chi connectivity index (χ4v) is 7.51. The van der Waals surface area contributed by atoms with Crippen LogP contribution < -0.4 is 10.1 Å². The molecular formula is C35H41ClN2O5S. The van der Waals surface area contributed by atoms with Crippen molar-refractivity contribution < 1.29 is 22.1 Å². The number of halogens is 1. The Hall–Kier alpha value is -3.38. The van der Waals surface area contributed by atoms with Gasteiger partial charge in [0.2, 0.25) is 5.69 Å². The normalized spacial score (nSPS) is 18.6. The van der Waals surface area contributed by atoms with E-state index < -0.39 is 10.1 Å². The number of unbranched alkanes of at least 4 members (excludes halogenated alkanes) is 3. The van der Waals surface area contributed by atoms with E-state index in [0.717, 1.165) is 36.8 Å². The van der Waals surface area contributed by atoms with Gasteiger partial charge in [0.1, 0.15) is 11.9 Å². The van der Waals surface area contributed by atoms with Gasteiger partial charge in [-0.05, 0) is 68.1 Å². The summed E-state index contributed by atoms with van der Waals surface area (Å²) in [5.41, 5.74) is 2.48. The predicted molar refractivity (Wildman–Crippen MR) is 174 cm³/mol. The first-order chi connectivity index (χ1) is 20.8. The molecule has 1 N–H and O–H groups in total. The summed E-state index contributed by atoms with van der Waals surface area (Å²) in [5, 5.41) is 3.59. The first-order valence-electron chi connectivity index (χ1n) is 15.0. The topological polar surface area (TPSA) is 86.1 Å². The highest BCUT2D eigenvalue weighted by Crippen LogP contribution is 2.55. The fourth-order valence-electron chi connectivity index (χ4n) is 6.35. The van der Waals surface area contributed by atoms with Gasteiger partial charge >= 0.3 is 0 Å². The molecule has 3 aromatic carbocycles. The fraction of sp³-hybridized carbons (Fsp3) is 0.429. The van der Waals surface area contributed by atoms with E-state index in [0.29, 0.717) is 28.4 Å². The molecule has 3 aromatic rings. The van der Waals surface area contributed by atoms with E-state index in [1.807, 2.05) is 31.2 Å². The molecule has 1 amide bonds. The first-order valence-corrected chi connectivity index (χ1v) is 16.7. The second kappa shape index (κ2) is 13.7. The molecule has 0 atom stereocenters. The molecule has 1 aliphatic carbocycles. The van der Waals surface area contributed by atoms with Crippen LogP contribution >= 0.6 is 11.6 Å². The molecule has 44 heavy (non-hydrogen) atoms. The minimum Gasteiger partial charge on any atom is -0.489 e. The molecule has 0 heterocycles. The Labute approximate surface area is 266 Å². The van der Waals surface area contributed by atoms with Gasteiger partial charge in [0, 0.05) is 22.4 Å². The van der Waals surface area contributed by atoms with Crippen molar-refractivity contribution in [2.24, 2.45) is 10.8 Å². The number of hydrogen-bond donors (Lipinski definition) is 1. The molecule has 7 nitrogen and oxygen atoms in total. The highest BCUT2D eigenvalue weighted by Gasteiger charge is 2.64. The van der Waals surface area contributed by atoms with Crippen LogP contribution in [0.5, 0.6) is 5.75 Å². The third-order valence-electron chi connectivity index (χ3n) is 8.53. The van der Waals surface area contributed by atoms with E-state index in [-0.39, 0.29) is 40.4 Å². The van der Waals surface area contributed by atoms with Gasteiger partial charge in [0.15, 0.2) is 0 Å². The summed E-state index contributed by atoms with van der Waals surface area (Å²) in [5.74, 6) is 0.486. The number of amides is 1. The summed E-state index contributed by atoms with van der Waals surface area (Å²) < 4.78 is 36.1. The van der Waals surface area contributed by atoms with Crippen LogP contribution in [0, 0.1) is 24.3 Å². The van der Waals surface area contributed by atoms with Gasteiger partial charge in [-0.1, -0.05) is 88.0 Å². The minimum atomic E-state index is -3.71. The van der Waals surface area contributed by atoms with Crippen LogP contribution in [0.4, 0.5) is 5.69 Å². The van der Waals surface area contributed by atoms with E-state index in [4.69, 9.17) is 27.1 Å². The van der Waals surface area contributed by atoms with E-state index in [9.17, 15) is 13.2 Å². The molecule has 4 rings (SSSR count). The molecule has 0 bridgehead atoms. The van der Waals surface area contributed by atoms with Crippen molar-refractivity contribution in [3.8, 4) is 5.75 Å². The molecule has 1 saturated carbocycles. The Bertz CT molecular complexity index is 1590. The number of carbonyl (C=O) groups is 1. The van der Waals surface area contributed by atoms with Crippen LogP contribution in [-0.4, -0.2) is 33.1 Å². The number of ether oxygens (including phenoxy) is 1. The summed E-state index contributed by atoms with van der Waals surface area (Å²) in [6, 6.07) is 19.3. The van der Waals surface area contributed by atoms with Crippen LogP contribution in [0.1, 0.15) is 74.9 Å². The SMILES string of the molecule is [C-]#[N+]c1ccc(OC2C(C)(C)C(NC(=O)c3ccc(CCCCCCOS(=O)(=O)c4ccc(C)cc4)cc3)C2(C)C)cc1Cl. The van der Waals surface area contributed by atoms with Crippen LogP contribution in [0.25, 0.3) is 4.85 Å². The summed E-state index contributed by atoms with van der Waals surface area (Å²) in [4.78, 5) is 16.8. The Morgan fingerprint density at radius 2 is 1.57 bits per heavy atom. The lowest BCUT2D eigenvalue weighted by Crippen LogP contribution is -2.74. The average Bonchev–Trinajstić information content (AvgIpc) is 2.98. The Morgan fingerprint density at radius 1 is 0.932 bits per heavy atom. The summed E-state index contributed by atoms with van der Waals surface area (Å²) in [7, 11) is -3.71. The van der Waals surface area contributed by atoms with Crippen LogP contribution in [-0.2, 0) is 20.7 Å². The van der Waals surface area contributed by atoms with Crippen molar-refractivity contribution >= 4 is 33.3 Å². The zero-order chi connectivity index (χ0) is 32.1. The van der Waals surface area contributed by atoms with Gasteiger partial charge in [0.05, 0.1) is 23.1 Å². The Balaban J connectivity index is 1.20. The van der Waals surface area contributed by atoms with E-state index in [1.165, 1.54) is 0 Å². The molecule has 0 unspecified atom stereocenters. The van der Waals surface area contributed by atoms with Crippen molar-refractivity contribution in [3.63, 3.8) is 0 Å². The number of aryl methyl sites for hydroxylation is 2. The molecule has 0 saturated heterocycles. The van der Waals surface area contributed by atoms with E-state index in [2.05, 4.69) is 37.9 Å². The molecule has 0 aliphatic heterocycles. The van der Waals surface area contributed by atoms with Crippen molar-refractivity contribution in [3.05, 3.63) is 99.9 Å². The monoisotopic (exact) mass is 636 g/mol. The predicted octanol–water partition coefficient (Wildman–Crippen LogP) is 8.32. The maximum Gasteiger partial charge on any atom is 0.296 e. The van der Waals surface area contributed by atoms with Gasteiger partial charge in [-0.3, -0.25) is 8.98 Å². The van der Waals surface area contributed by atoms with Crippen molar-refractivity contribution in [1.29, 1.82) is 0 Å². The lowest BCUT2D eigenvalue weighted by molar-refractivity contribution is -0.164. The molecular weight excluding hydrogens is 596 g/mol. The Morgan fingerprint density at radius 3 is 2.18 bits per heavy atom. The van der Waals surface area contributed by atoms with Gasteiger partial charge in [0.25, 0.3) is 16.0 Å². The summed E-state index contributed by atoms with van der Waals surface area (Å²) in [6.07, 6.45) is 4.19. The van der Waals surface area contributed by atoms with Gasteiger partial charge < -0.3 is 10.1 Å². The number of hydrogen-bond acceptors (Lipinski definition) is 5. The lowest BCUT2D eigenvalue weighted by atomic mass is 9.49. The standard InChI is InChI=1S/C35H41ClN2O5S/c1-24-12-19-28(20-13-24)44(40,41)42-22-10-8-7-9-11-25-14-16-26(17-15-25)31(39)38-32-34(2,3)33(35(32,4)5)43-27-18-21-30(37-6)29(36)23-27/h12-21,23,32-33H,7-11,22H2,1-5H3,(H,38,39). The van der Waals surface area contributed by atoms with Gasteiger partial charge in [-0.15, -0.1) is 0 Å². The van der Waals surface area contributed by atoms with Crippen molar-refractivity contribution in [2.45, 2.75) is 83.8 Å². The number of nitrogens with zero attached hydrogens (tertiary/aromatic N) is 1. The zero-order valence-electron chi connectivity index (χ0n) is 26.0. The molecule has 9 heteroatoms. The molecule has 0 radical (unpaired) electrons. The molecule has 1 fully saturated rings. The van der Waals surface area contributed by atoms with E-state index in [1.54, 1.807) is 42.5 Å². The second-order valence-corrected chi connectivity index (χ2v) is 14.7. The van der Waals surface area contributed by atoms with Crippen LogP contribution in [0.3, 0.4) is 0 Å². The average molecular weight is 637 g/mol. The van der Waals surface area contributed by atoms with Crippen molar-refractivity contribution in [2.75, 3.05) is 6.61 Å². The number of benzene rings is 3. The maximum absolute atomic E-state index is 13.2. The largest absolute Gasteiger partial charge is 0.489 e. The van der Waals surface area contributed by atoms with Crippen LogP contribution in [0.2, 0.25) is 5.02 Å². The minimum absolute atomic E-state index is 0.110. The highest BCUT2D eigenvalue weighted by atomic mass is 35.5. The van der Waals surface area contributed by atoms with Gasteiger partial charge in [-0.2, -0.15) is 8.42 Å².